The van der Waals surface area contributed by atoms with Gasteiger partial charge in [-0.2, -0.15) is 0 Å². The highest BCUT2D eigenvalue weighted by Crippen LogP contribution is 2.55. The summed E-state index contributed by atoms with van der Waals surface area (Å²) in [7, 11) is 0. The maximum atomic E-state index is 3.91. The van der Waals surface area contributed by atoms with Crippen molar-refractivity contribution in [1.82, 2.24) is 0 Å². The molecule has 0 fully saturated rings. The first kappa shape index (κ1) is 15.8. The second kappa shape index (κ2) is 6.10. The standard InChI is InChI=1S/C27H20/c1-2-20-16-18-22(19-17-20)27(21-10-4-3-5-11-21)25-14-8-6-12-23(25)24-13-7-9-15-26(24)27/h2-19H,1H2. The summed E-state index contributed by atoms with van der Waals surface area (Å²) in [5.74, 6) is 0. The van der Waals surface area contributed by atoms with Gasteiger partial charge in [-0.1, -0.05) is 116 Å². The molecule has 1 aliphatic rings. The van der Waals surface area contributed by atoms with Crippen molar-refractivity contribution in [2.24, 2.45) is 0 Å². The fourth-order valence-electron chi connectivity index (χ4n) is 4.58. The van der Waals surface area contributed by atoms with Crippen molar-refractivity contribution in [3.63, 3.8) is 0 Å². The van der Waals surface area contributed by atoms with Crippen LogP contribution in [0.3, 0.4) is 0 Å². The van der Waals surface area contributed by atoms with Crippen molar-refractivity contribution < 1.29 is 0 Å². The van der Waals surface area contributed by atoms with Gasteiger partial charge < -0.3 is 0 Å². The minimum Gasteiger partial charge on any atom is -0.0985 e. The lowest BCUT2D eigenvalue weighted by molar-refractivity contribution is 0.768. The monoisotopic (exact) mass is 344 g/mol. The van der Waals surface area contributed by atoms with Crippen LogP contribution in [0.1, 0.15) is 27.8 Å². The Balaban J connectivity index is 1.93. The van der Waals surface area contributed by atoms with Gasteiger partial charge in [0.2, 0.25) is 0 Å². The van der Waals surface area contributed by atoms with Gasteiger partial charge in [-0.3, -0.25) is 0 Å². The molecule has 0 amide bonds. The summed E-state index contributed by atoms with van der Waals surface area (Å²) >= 11 is 0. The number of hydrogen-bond acceptors (Lipinski definition) is 0. The molecule has 0 aromatic heterocycles. The van der Waals surface area contributed by atoms with E-state index in [0.29, 0.717) is 0 Å². The normalized spacial score (nSPS) is 13.6. The summed E-state index contributed by atoms with van der Waals surface area (Å²) < 4.78 is 0. The highest BCUT2D eigenvalue weighted by Gasteiger charge is 2.45. The third kappa shape index (κ3) is 2.17. The lowest BCUT2D eigenvalue weighted by atomic mass is 9.67. The first-order valence-electron chi connectivity index (χ1n) is 9.33. The average molecular weight is 344 g/mol. The van der Waals surface area contributed by atoms with Crippen molar-refractivity contribution in [3.8, 4) is 11.1 Å². The highest BCUT2D eigenvalue weighted by molar-refractivity contribution is 5.86. The second-order valence-electron chi connectivity index (χ2n) is 7.03. The molecule has 0 atom stereocenters. The molecule has 0 saturated heterocycles. The Morgan fingerprint density at radius 3 is 1.56 bits per heavy atom. The molecule has 0 heterocycles. The van der Waals surface area contributed by atoms with E-state index >= 15 is 0 Å². The molecular formula is C27H20. The molecule has 0 nitrogen and oxygen atoms in total. The van der Waals surface area contributed by atoms with E-state index in [1.165, 1.54) is 33.4 Å². The predicted octanol–water partition coefficient (Wildman–Crippen LogP) is 6.69. The van der Waals surface area contributed by atoms with Crippen molar-refractivity contribution in [1.29, 1.82) is 0 Å². The summed E-state index contributed by atoms with van der Waals surface area (Å²) in [4.78, 5) is 0. The first-order chi connectivity index (χ1) is 13.4. The van der Waals surface area contributed by atoms with Gasteiger partial charge in [0, 0.05) is 0 Å². The minimum atomic E-state index is -0.297. The van der Waals surface area contributed by atoms with E-state index in [0.717, 1.165) is 5.56 Å². The lowest BCUT2D eigenvalue weighted by Gasteiger charge is -2.33. The number of benzene rings is 4. The molecule has 1 aliphatic carbocycles. The van der Waals surface area contributed by atoms with E-state index < -0.39 is 0 Å². The molecule has 0 saturated carbocycles. The van der Waals surface area contributed by atoms with Crippen LogP contribution in [0.15, 0.2) is 110 Å². The summed E-state index contributed by atoms with van der Waals surface area (Å²) in [5.41, 5.74) is 8.78. The molecule has 0 unspecified atom stereocenters. The Hall–Kier alpha value is -3.38. The average Bonchev–Trinajstić information content (AvgIpc) is 3.06. The van der Waals surface area contributed by atoms with Crippen LogP contribution >= 0.6 is 0 Å². The molecule has 4 aromatic carbocycles. The second-order valence-corrected chi connectivity index (χ2v) is 7.03. The van der Waals surface area contributed by atoms with E-state index in [-0.39, 0.29) is 5.41 Å². The molecule has 5 rings (SSSR count). The molecule has 4 aromatic rings. The molecule has 128 valence electrons. The fraction of sp³-hybridized carbons (Fsp3) is 0.0370. The Bertz CT molecular complexity index is 1070. The van der Waals surface area contributed by atoms with Gasteiger partial charge in [-0.05, 0) is 38.9 Å². The number of rotatable bonds is 3. The SMILES string of the molecule is C=Cc1ccc(C2(c3ccccc3)c3ccccc3-c3ccccc32)cc1. The van der Waals surface area contributed by atoms with Crippen molar-refractivity contribution >= 4 is 6.08 Å². The Labute approximate surface area is 160 Å². The maximum absolute atomic E-state index is 3.91. The van der Waals surface area contributed by atoms with Gasteiger partial charge >= 0.3 is 0 Å². The van der Waals surface area contributed by atoms with Gasteiger partial charge in [-0.25, -0.2) is 0 Å². The van der Waals surface area contributed by atoms with Gasteiger partial charge in [-0.15, -0.1) is 0 Å². The number of hydrogen-bond donors (Lipinski definition) is 0. The van der Waals surface area contributed by atoms with Crippen molar-refractivity contribution in [3.05, 3.63) is 138 Å². The molecular weight excluding hydrogens is 324 g/mol. The zero-order valence-corrected chi connectivity index (χ0v) is 15.1. The van der Waals surface area contributed by atoms with E-state index in [4.69, 9.17) is 0 Å². The highest BCUT2D eigenvalue weighted by atomic mass is 14.5. The van der Waals surface area contributed by atoms with Gasteiger partial charge in [0.05, 0.1) is 5.41 Å². The Morgan fingerprint density at radius 2 is 1.00 bits per heavy atom. The zero-order valence-electron chi connectivity index (χ0n) is 15.1. The van der Waals surface area contributed by atoms with Crippen molar-refractivity contribution in [2.75, 3.05) is 0 Å². The molecule has 27 heavy (non-hydrogen) atoms. The summed E-state index contributed by atoms with van der Waals surface area (Å²) in [6.07, 6.45) is 1.90. The zero-order chi connectivity index (χ0) is 18.3. The molecule has 0 spiro atoms. The molecule has 0 N–H and O–H groups in total. The van der Waals surface area contributed by atoms with Gasteiger partial charge in [0.15, 0.2) is 0 Å². The molecule has 0 heteroatoms. The van der Waals surface area contributed by atoms with Crippen LogP contribution in [0.2, 0.25) is 0 Å². The van der Waals surface area contributed by atoms with Crippen LogP contribution in [0.25, 0.3) is 17.2 Å². The smallest absolute Gasteiger partial charge is 0.0713 e. The third-order valence-corrected chi connectivity index (χ3v) is 5.74. The van der Waals surface area contributed by atoms with Gasteiger partial charge in [0.1, 0.15) is 0 Å². The van der Waals surface area contributed by atoms with Crippen LogP contribution in [0.4, 0.5) is 0 Å². The van der Waals surface area contributed by atoms with E-state index in [2.05, 4.69) is 110 Å². The number of fused-ring (bicyclic) bond motifs is 3. The largest absolute Gasteiger partial charge is 0.0985 e. The third-order valence-electron chi connectivity index (χ3n) is 5.74. The fourth-order valence-corrected chi connectivity index (χ4v) is 4.58. The quantitative estimate of drug-likeness (QED) is 0.342. The first-order valence-corrected chi connectivity index (χ1v) is 9.33. The van der Waals surface area contributed by atoms with Gasteiger partial charge in [0.25, 0.3) is 0 Å². The lowest BCUT2D eigenvalue weighted by Crippen LogP contribution is -2.28. The summed E-state index contributed by atoms with van der Waals surface area (Å²) in [5, 5.41) is 0. The van der Waals surface area contributed by atoms with Crippen LogP contribution in [0.5, 0.6) is 0 Å². The molecule has 0 aliphatic heterocycles. The predicted molar refractivity (Wildman–Crippen MR) is 114 cm³/mol. The topological polar surface area (TPSA) is 0 Å². The van der Waals surface area contributed by atoms with E-state index in [1.54, 1.807) is 0 Å². The van der Waals surface area contributed by atoms with Crippen molar-refractivity contribution in [2.45, 2.75) is 5.41 Å². The Morgan fingerprint density at radius 1 is 0.519 bits per heavy atom. The summed E-state index contributed by atoms with van der Waals surface area (Å²) in [6, 6.07) is 37.3. The maximum Gasteiger partial charge on any atom is 0.0713 e. The minimum absolute atomic E-state index is 0.297. The van der Waals surface area contributed by atoms with E-state index in [9.17, 15) is 0 Å². The summed E-state index contributed by atoms with van der Waals surface area (Å²) in [6.45, 7) is 3.91. The van der Waals surface area contributed by atoms with Crippen LogP contribution in [0, 0.1) is 0 Å². The molecule has 0 radical (unpaired) electrons. The van der Waals surface area contributed by atoms with E-state index in [1.807, 2.05) is 6.08 Å². The van der Waals surface area contributed by atoms with Crippen LogP contribution < -0.4 is 0 Å². The van der Waals surface area contributed by atoms with Crippen LogP contribution in [-0.2, 0) is 5.41 Å². The molecule has 0 bridgehead atoms. The van der Waals surface area contributed by atoms with Crippen LogP contribution in [-0.4, -0.2) is 0 Å². The Kier molecular flexibility index (Phi) is 3.58.